The predicted molar refractivity (Wildman–Crippen MR) is 85.1 cm³/mol. The molecular weight excluding hydrogens is 284 g/mol. The lowest BCUT2D eigenvalue weighted by molar-refractivity contribution is 0.130. The monoisotopic (exact) mass is 304 g/mol. The zero-order valence-electron chi connectivity index (χ0n) is 12.2. The van der Waals surface area contributed by atoms with Crippen molar-refractivity contribution in [3.05, 3.63) is 53.1 Å². The first-order valence-corrected chi connectivity index (χ1v) is 7.82. The molecule has 1 aromatic heterocycles. The van der Waals surface area contributed by atoms with Crippen molar-refractivity contribution in [1.82, 2.24) is 14.5 Å². The van der Waals surface area contributed by atoms with Crippen molar-refractivity contribution in [3.8, 4) is 0 Å². The molecule has 0 fully saturated rings. The molecule has 0 saturated carbocycles. The van der Waals surface area contributed by atoms with E-state index in [0.29, 0.717) is 0 Å². The number of aromatic nitrogens is 2. The van der Waals surface area contributed by atoms with Crippen LogP contribution in [-0.4, -0.2) is 27.0 Å². The molecule has 2 heterocycles. The van der Waals surface area contributed by atoms with Crippen molar-refractivity contribution in [2.45, 2.75) is 38.5 Å². The number of rotatable bonds is 4. The van der Waals surface area contributed by atoms with Gasteiger partial charge in [0.2, 0.25) is 0 Å². The van der Waals surface area contributed by atoms with Crippen LogP contribution in [0.25, 0.3) is 0 Å². The molecule has 5 heteroatoms. The molecule has 4 nitrogen and oxygen atoms in total. The van der Waals surface area contributed by atoms with Crippen molar-refractivity contribution in [1.29, 1.82) is 0 Å². The predicted octanol–water partition coefficient (Wildman–Crippen LogP) is 2.83. The second-order valence-corrected chi connectivity index (χ2v) is 6.02. The van der Waals surface area contributed by atoms with Gasteiger partial charge in [0.25, 0.3) is 0 Å². The van der Waals surface area contributed by atoms with Gasteiger partial charge in [-0.1, -0.05) is 30.7 Å². The van der Waals surface area contributed by atoms with E-state index < -0.39 is 0 Å². The molecule has 0 amide bonds. The Balaban J connectivity index is 1.90. The summed E-state index contributed by atoms with van der Waals surface area (Å²) in [6.07, 6.45) is 4.84. The molecule has 1 aliphatic heterocycles. The fourth-order valence-electron chi connectivity index (χ4n) is 3.07. The third-order valence-corrected chi connectivity index (χ3v) is 4.47. The van der Waals surface area contributed by atoms with Crippen molar-refractivity contribution in [3.63, 3.8) is 0 Å². The number of hydrogen-bond acceptors (Lipinski definition) is 3. The van der Waals surface area contributed by atoms with Crippen LogP contribution in [-0.2, 0) is 13.1 Å². The van der Waals surface area contributed by atoms with Gasteiger partial charge in [0, 0.05) is 36.5 Å². The standard InChI is InChI=1S/C16H21ClN4/c1-2-14(18)16(12-4-3-5-13(17)10-12)21-9-8-20-7-6-19-15(20)11-21/h3-7,10,14,16H,2,8-9,11,18H2,1H3. The van der Waals surface area contributed by atoms with Crippen LogP contribution in [0.1, 0.15) is 30.8 Å². The molecule has 0 spiro atoms. The van der Waals surface area contributed by atoms with E-state index in [-0.39, 0.29) is 12.1 Å². The Kier molecular flexibility index (Phi) is 4.29. The number of imidazole rings is 1. The van der Waals surface area contributed by atoms with E-state index in [1.54, 1.807) is 0 Å². The van der Waals surface area contributed by atoms with Gasteiger partial charge in [0.15, 0.2) is 0 Å². The Labute approximate surface area is 130 Å². The SMILES string of the molecule is CCC(N)C(c1cccc(Cl)c1)N1CCn2ccnc2C1. The van der Waals surface area contributed by atoms with E-state index in [9.17, 15) is 0 Å². The topological polar surface area (TPSA) is 47.1 Å². The summed E-state index contributed by atoms with van der Waals surface area (Å²) in [7, 11) is 0. The Hall–Kier alpha value is -1.36. The molecule has 1 aliphatic rings. The van der Waals surface area contributed by atoms with Gasteiger partial charge in [-0.05, 0) is 24.1 Å². The van der Waals surface area contributed by atoms with Gasteiger partial charge < -0.3 is 10.3 Å². The van der Waals surface area contributed by atoms with Crippen LogP contribution in [0.2, 0.25) is 5.02 Å². The second kappa shape index (κ2) is 6.18. The summed E-state index contributed by atoms with van der Waals surface area (Å²) in [6.45, 7) is 4.90. The first-order valence-electron chi connectivity index (χ1n) is 7.44. The van der Waals surface area contributed by atoms with Gasteiger partial charge in [-0.2, -0.15) is 0 Å². The number of halogens is 1. The molecule has 21 heavy (non-hydrogen) atoms. The zero-order chi connectivity index (χ0) is 14.8. The Bertz CT molecular complexity index is 610. The number of nitrogens with zero attached hydrogens (tertiary/aromatic N) is 3. The van der Waals surface area contributed by atoms with E-state index in [1.165, 1.54) is 5.56 Å². The molecule has 0 bridgehead atoms. The maximum absolute atomic E-state index is 6.41. The summed E-state index contributed by atoms with van der Waals surface area (Å²) in [5, 5.41) is 0.763. The zero-order valence-corrected chi connectivity index (χ0v) is 13.0. The molecule has 2 aromatic rings. The summed E-state index contributed by atoms with van der Waals surface area (Å²) < 4.78 is 2.21. The van der Waals surface area contributed by atoms with Gasteiger partial charge in [-0.3, -0.25) is 4.90 Å². The van der Waals surface area contributed by atoms with E-state index in [0.717, 1.165) is 36.9 Å². The molecule has 2 unspecified atom stereocenters. The average Bonchev–Trinajstić information content (AvgIpc) is 2.95. The van der Waals surface area contributed by atoms with E-state index in [1.807, 2.05) is 30.6 Å². The summed E-state index contributed by atoms with van der Waals surface area (Å²) in [5.74, 6) is 1.11. The van der Waals surface area contributed by atoms with Gasteiger partial charge in [0.1, 0.15) is 5.82 Å². The molecule has 2 N–H and O–H groups in total. The van der Waals surface area contributed by atoms with Crippen molar-refractivity contribution in [2.75, 3.05) is 6.54 Å². The first kappa shape index (κ1) is 14.6. The van der Waals surface area contributed by atoms with Crippen LogP contribution >= 0.6 is 11.6 Å². The minimum atomic E-state index is 0.0879. The lowest BCUT2D eigenvalue weighted by Gasteiger charge is -2.38. The van der Waals surface area contributed by atoms with Crippen LogP contribution in [0.3, 0.4) is 0 Å². The third-order valence-electron chi connectivity index (χ3n) is 4.23. The number of nitrogens with two attached hydrogens (primary N) is 1. The summed E-state index contributed by atoms with van der Waals surface area (Å²) in [4.78, 5) is 6.86. The summed E-state index contributed by atoms with van der Waals surface area (Å²) in [6, 6.07) is 8.32. The largest absolute Gasteiger partial charge is 0.333 e. The van der Waals surface area contributed by atoms with Crippen LogP contribution in [0.15, 0.2) is 36.7 Å². The van der Waals surface area contributed by atoms with Gasteiger partial charge >= 0.3 is 0 Å². The van der Waals surface area contributed by atoms with Crippen LogP contribution < -0.4 is 5.73 Å². The fourth-order valence-corrected chi connectivity index (χ4v) is 3.27. The Morgan fingerprint density at radius 1 is 1.38 bits per heavy atom. The average molecular weight is 305 g/mol. The van der Waals surface area contributed by atoms with Crippen LogP contribution in [0, 0.1) is 0 Å². The molecule has 1 aromatic carbocycles. The number of fused-ring (bicyclic) bond motifs is 1. The lowest BCUT2D eigenvalue weighted by Crippen LogP contribution is -2.44. The maximum Gasteiger partial charge on any atom is 0.122 e. The van der Waals surface area contributed by atoms with E-state index >= 15 is 0 Å². The fraction of sp³-hybridized carbons (Fsp3) is 0.438. The molecule has 2 atom stereocenters. The van der Waals surface area contributed by atoms with Gasteiger partial charge in [-0.15, -0.1) is 0 Å². The van der Waals surface area contributed by atoms with E-state index in [4.69, 9.17) is 17.3 Å². The minimum Gasteiger partial charge on any atom is -0.333 e. The van der Waals surface area contributed by atoms with Gasteiger partial charge in [0.05, 0.1) is 12.6 Å². The van der Waals surface area contributed by atoms with Crippen molar-refractivity contribution < 1.29 is 0 Å². The normalized spacial score (nSPS) is 18.2. The number of benzene rings is 1. The number of hydrogen-bond donors (Lipinski definition) is 1. The quantitative estimate of drug-likeness (QED) is 0.945. The van der Waals surface area contributed by atoms with Gasteiger partial charge in [-0.25, -0.2) is 4.98 Å². The lowest BCUT2D eigenvalue weighted by atomic mass is 9.96. The molecule has 0 saturated heterocycles. The third kappa shape index (κ3) is 2.98. The molecule has 3 rings (SSSR count). The highest BCUT2D eigenvalue weighted by Crippen LogP contribution is 2.29. The summed E-state index contributed by atoms with van der Waals surface area (Å²) in [5.41, 5.74) is 7.61. The summed E-state index contributed by atoms with van der Waals surface area (Å²) >= 11 is 6.16. The second-order valence-electron chi connectivity index (χ2n) is 5.58. The van der Waals surface area contributed by atoms with Crippen molar-refractivity contribution >= 4 is 11.6 Å². The molecular formula is C16H21ClN4. The smallest absolute Gasteiger partial charge is 0.122 e. The van der Waals surface area contributed by atoms with Crippen LogP contribution in [0.5, 0.6) is 0 Å². The Morgan fingerprint density at radius 3 is 3.00 bits per heavy atom. The van der Waals surface area contributed by atoms with Crippen molar-refractivity contribution in [2.24, 2.45) is 5.73 Å². The highest BCUT2D eigenvalue weighted by Gasteiger charge is 2.29. The van der Waals surface area contributed by atoms with Crippen LogP contribution in [0.4, 0.5) is 0 Å². The molecule has 112 valence electrons. The highest BCUT2D eigenvalue weighted by atomic mass is 35.5. The minimum absolute atomic E-state index is 0.0879. The Morgan fingerprint density at radius 2 is 2.24 bits per heavy atom. The molecule has 0 radical (unpaired) electrons. The highest BCUT2D eigenvalue weighted by molar-refractivity contribution is 6.30. The first-order chi connectivity index (χ1) is 10.2. The molecule has 0 aliphatic carbocycles. The maximum atomic E-state index is 6.41. The van der Waals surface area contributed by atoms with E-state index in [2.05, 4.69) is 27.4 Å².